The van der Waals surface area contributed by atoms with E-state index in [9.17, 15) is 4.79 Å². The molecular weight excluding hydrogens is 174 g/mol. The Labute approximate surface area is 76.7 Å². The molecule has 1 atom stereocenters. The van der Waals surface area contributed by atoms with Crippen molar-refractivity contribution in [3.63, 3.8) is 0 Å². The predicted molar refractivity (Wildman–Crippen MR) is 48.6 cm³/mol. The maximum absolute atomic E-state index is 10.3. The molecule has 0 bridgehead atoms. The first-order chi connectivity index (χ1) is 5.86. The van der Waals surface area contributed by atoms with E-state index in [1.165, 1.54) is 0 Å². The number of halogens is 1. The van der Waals surface area contributed by atoms with E-state index in [4.69, 9.17) is 11.8 Å². The van der Waals surface area contributed by atoms with E-state index in [0.29, 0.717) is 6.42 Å². The largest absolute Gasteiger partial charge is 0.289 e. The Bertz CT molecular complexity index is 238. The maximum Gasteiger partial charge on any atom is 0.218 e. The molecule has 1 rings (SSSR count). The maximum atomic E-state index is 10.3. The summed E-state index contributed by atoms with van der Waals surface area (Å²) in [5.74, 6) is 0. The molecule has 1 aromatic carbocycles. The lowest BCUT2D eigenvalue weighted by atomic mass is 10.1. The van der Waals surface area contributed by atoms with Gasteiger partial charge in [-0.1, -0.05) is 30.3 Å². The summed E-state index contributed by atoms with van der Waals surface area (Å²) >= 11 is 5.31. The highest BCUT2D eigenvalue weighted by molar-refractivity contribution is 6.14. The average molecular weight is 183 g/mol. The van der Waals surface area contributed by atoms with E-state index in [1.54, 1.807) is 0 Å². The SMILES string of the molecule is O=[C][C@@H](Cc1ccccc1)NCl. The van der Waals surface area contributed by atoms with Gasteiger partial charge in [-0.15, -0.1) is 0 Å². The fourth-order valence-corrected chi connectivity index (χ4v) is 1.07. The molecule has 0 heterocycles. The normalized spacial score (nSPS) is 12.4. The number of hydrogen-bond acceptors (Lipinski definition) is 2. The molecule has 0 aliphatic carbocycles. The van der Waals surface area contributed by atoms with Crippen molar-refractivity contribution in [2.45, 2.75) is 12.5 Å². The zero-order valence-corrected chi connectivity index (χ0v) is 7.21. The van der Waals surface area contributed by atoms with Crippen LogP contribution in [0.3, 0.4) is 0 Å². The molecule has 1 radical (unpaired) electrons. The van der Waals surface area contributed by atoms with Gasteiger partial charge in [0.2, 0.25) is 6.29 Å². The topological polar surface area (TPSA) is 29.1 Å². The molecule has 0 fully saturated rings. The molecule has 2 nitrogen and oxygen atoms in total. The predicted octanol–water partition coefficient (Wildman–Crippen LogP) is 1.45. The second-order valence-corrected chi connectivity index (χ2v) is 2.69. The molecule has 1 N–H and O–H groups in total. The van der Waals surface area contributed by atoms with Gasteiger partial charge in [-0.3, -0.25) is 4.79 Å². The number of rotatable bonds is 4. The Morgan fingerprint density at radius 2 is 2.08 bits per heavy atom. The van der Waals surface area contributed by atoms with Crippen LogP contribution in [0, 0.1) is 0 Å². The monoisotopic (exact) mass is 182 g/mol. The third-order valence-corrected chi connectivity index (χ3v) is 1.82. The van der Waals surface area contributed by atoms with Crippen molar-refractivity contribution >= 4 is 18.1 Å². The van der Waals surface area contributed by atoms with Crippen molar-refractivity contribution in [1.82, 2.24) is 4.84 Å². The molecule has 0 unspecified atom stereocenters. The van der Waals surface area contributed by atoms with Crippen molar-refractivity contribution in [3.8, 4) is 0 Å². The van der Waals surface area contributed by atoms with Gasteiger partial charge in [0.15, 0.2) is 0 Å². The van der Waals surface area contributed by atoms with Gasteiger partial charge in [-0.2, -0.15) is 0 Å². The summed E-state index contributed by atoms with van der Waals surface area (Å²) in [4.78, 5) is 12.6. The zero-order valence-electron chi connectivity index (χ0n) is 6.46. The van der Waals surface area contributed by atoms with Crippen LogP contribution in [0.25, 0.3) is 0 Å². The fraction of sp³-hybridized carbons (Fsp3) is 0.222. The van der Waals surface area contributed by atoms with E-state index >= 15 is 0 Å². The first kappa shape index (κ1) is 9.23. The Hall–Kier alpha value is -0.860. The molecule has 0 saturated heterocycles. The lowest BCUT2D eigenvalue weighted by Gasteiger charge is -2.05. The molecule has 0 aliphatic heterocycles. The van der Waals surface area contributed by atoms with Crippen LogP contribution in [-0.2, 0) is 11.2 Å². The van der Waals surface area contributed by atoms with Crippen LogP contribution in [0.4, 0.5) is 0 Å². The zero-order chi connectivity index (χ0) is 8.81. The minimum Gasteiger partial charge on any atom is -0.289 e. The first-order valence-electron chi connectivity index (χ1n) is 3.64. The van der Waals surface area contributed by atoms with Crippen LogP contribution >= 0.6 is 11.8 Å². The molecule has 1 aromatic rings. The molecule has 0 aromatic heterocycles. The molecular formula is C9H9ClNO. The lowest BCUT2D eigenvalue weighted by Crippen LogP contribution is -2.24. The van der Waals surface area contributed by atoms with Crippen LogP contribution in [-0.4, -0.2) is 12.3 Å². The molecule has 0 aliphatic rings. The van der Waals surface area contributed by atoms with Crippen LogP contribution in [0.15, 0.2) is 30.3 Å². The number of carbonyl (C=O) groups excluding carboxylic acids is 1. The van der Waals surface area contributed by atoms with Crippen LogP contribution in [0.5, 0.6) is 0 Å². The molecule has 3 heteroatoms. The summed E-state index contributed by atoms with van der Waals surface area (Å²) in [6.07, 6.45) is 2.38. The van der Waals surface area contributed by atoms with E-state index in [1.807, 2.05) is 36.6 Å². The van der Waals surface area contributed by atoms with Gasteiger partial charge in [-0.05, 0) is 23.8 Å². The number of hydrogen-bond donors (Lipinski definition) is 1. The standard InChI is InChI=1S/C9H9ClNO/c10-11-9(7-12)6-8-4-2-1-3-5-8/h1-5,9,11H,6H2/t9-/m1/s1. The van der Waals surface area contributed by atoms with Crippen LogP contribution in [0.1, 0.15) is 5.56 Å². The Morgan fingerprint density at radius 3 is 2.58 bits per heavy atom. The van der Waals surface area contributed by atoms with Crippen molar-refractivity contribution in [2.75, 3.05) is 0 Å². The molecule has 12 heavy (non-hydrogen) atoms. The van der Waals surface area contributed by atoms with Gasteiger partial charge < -0.3 is 0 Å². The fourth-order valence-electron chi connectivity index (χ4n) is 0.952. The summed E-state index contributed by atoms with van der Waals surface area (Å²) in [6, 6.07) is 9.24. The van der Waals surface area contributed by atoms with Crippen molar-refractivity contribution in [2.24, 2.45) is 0 Å². The highest BCUT2D eigenvalue weighted by Gasteiger charge is 2.06. The Morgan fingerprint density at radius 1 is 1.42 bits per heavy atom. The van der Waals surface area contributed by atoms with Crippen LogP contribution in [0.2, 0.25) is 0 Å². The van der Waals surface area contributed by atoms with E-state index in [0.717, 1.165) is 5.56 Å². The van der Waals surface area contributed by atoms with E-state index in [-0.39, 0.29) is 0 Å². The third-order valence-electron chi connectivity index (χ3n) is 1.56. The number of nitrogens with one attached hydrogen (secondary N) is 1. The summed E-state index contributed by atoms with van der Waals surface area (Å²) in [6.45, 7) is 0. The van der Waals surface area contributed by atoms with Crippen LogP contribution < -0.4 is 4.84 Å². The minimum atomic E-state index is -0.422. The van der Waals surface area contributed by atoms with Gasteiger partial charge in [0, 0.05) is 0 Å². The van der Waals surface area contributed by atoms with Gasteiger partial charge in [0.25, 0.3) is 0 Å². The van der Waals surface area contributed by atoms with Gasteiger partial charge >= 0.3 is 0 Å². The Kier molecular flexibility index (Phi) is 3.77. The van der Waals surface area contributed by atoms with Gasteiger partial charge in [-0.25, -0.2) is 4.84 Å². The third kappa shape index (κ3) is 2.64. The molecule has 0 amide bonds. The summed E-state index contributed by atoms with van der Waals surface area (Å²) in [5, 5.41) is 0. The Balaban J connectivity index is 2.56. The smallest absolute Gasteiger partial charge is 0.218 e. The van der Waals surface area contributed by atoms with Crippen molar-refractivity contribution in [1.29, 1.82) is 0 Å². The second-order valence-electron chi connectivity index (χ2n) is 2.47. The number of benzene rings is 1. The van der Waals surface area contributed by atoms with Crippen molar-refractivity contribution in [3.05, 3.63) is 35.9 Å². The van der Waals surface area contributed by atoms with E-state index < -0.39 is 6.04 Å². The quantitative estimate of drug-likeness (QED) is 0.715. The molecule has 63 valence electrons. The molecule has 0 spiro atoms. The summed E-state index contributed by atoms with van der Waals surface area (Å²) in [5.41, 5.74) is 1.07. The first-order valence-corrected chi connectivity index (χ1v) is 4.02. The lowest BCUT2D eigenvalue weighted by molar-refractivity contribution is 0.535. The summed E-state index contributed by atoms with van der Waals surface area (Å²) < 4.78 is 0. The summed E-state index contributed by atoms with van der Waals surface area (Å²) in [7, 11) is 0. The highest BCUT2D eigenvalue weighted by Crippen LogP contribution is 2.01. The minimum absolute atomic E-state index is 0.422. The van der Waals surface area contributed by atoms with Gasteiger partial charge in [0.1, 0.15) is 0 Å². The van der Waals surface area contributed by atoms with Gasteiger partial charge in [0.05, 0.1) is 6.04 Å². The average Bonchev–Trinajstić information content (AvgIpc) is 2.16. The van der Waals surface area contributed by atoms with Crippen molar-refractivity contribution < 1.29 is 4.79 Å². The highest BCUT2D eigenvalue weighted by atomic mass is 35.5. The second kappa shape index (κ2) is 4.91. The van der Waals surface area contributed by atoms with E-state index in [2.05, 4.69) is 4.84 Å². The molecule has 0 saturated carbocycles.